The number of likely N-dealkylation sites (tertiary alicyclic amines) is 1. The van der Waals surface area contributed by atoms with Crippen LogP contribution in [0.25, 0.3) is 15.9 Å². The Labute approximate surface area is 163 Å². The van der Waals surface area contributed by atoms with Crippen LogP contribution >= 0.6 is 11.3 Å². The van der Waals surface area contributed by atoms with Gasteiger partial charge in [-0.1, -0.05) is 6.07 Å². The molecule has 1 saturated heterocycles. The van der Waals surface area contributed by atoms with Crippen molar-refractivity contribution in [3.8, 4) is 5.69 Å². The largest absolute Gasteiger partial charge is 0.298 e. The van der Waals surface area contributed by atoms with Crippen LogP contribution in [0.3, 0.4) is 0 Å². The Hall–Kier alpha value is -1.98. The van der Waals surface area contributed by atoms with E-state index >= 15 is 0 Å². The van der Waals surface area contributed by atoms with Crippen LogP contribution in [-0.2, 0) is 0 Å². The predicted molar refractivity (Wildman–Crippen MR) is 111 cm³/mol. The van der Waals surface area contributed by atoms with Gasteiger partial charge in [0, 0.05) is 30.3 Å². The van der Waals surface area contributed by atoms with Crippen LogP contribution in [0, 0.1) is 6.92 Å². The van der Waals surface area contributed by atoms with E-state index < -0.39 is 0 Å². The molecule has 0 radical (unpaired) electrons. The lowest BCUT2D eigenvalue weighted by Gasteiger charge is -2.42. The highest BCUT2D eigenvalue weighted by molar-refractivity contribution is 7.18. The number of pyridine rings is 1. The number of fused-ring (bicyclic) bond motifs is 1. The molecule has 4 nitrogen and oxygen atoms in total. The zero-order valence-electron chi connectivity index (χ0n) is 15.9. The van der Waals surface area contributed by atoms with E-state index in [2.05, 4.69) is 24.0 Å². The second-order valence-electron chi connectivity index (χ2n) is 8.17. The SMILES string of the molecule is Cc1ccc(=O)n(-c2ccc3nc([C@H]4C[C@H](N5CCC[C@@H]5C)C4)sc3c2)c1. The second-order valence-corrected chi connectivity index (χ2v) is 9.23. The van der Waals surface area contributed by atoms with Gasteiger partial charge in [-0.05, 0) is 69.8 Å². The average Bonchev–Trinajstić information content (AvgIpc) is 3.21. The van der Waals surface area contributed by atoms with Crippen LogP contribution in [0.4, 0.5) is 0 Å². The molecule has 2 fully saturated rings. The summed E-state index contributed by atoms with van der Waals surface area (Å²) >= 11 is 1.80. The lowest BCUT2D eigenvalue weighted by atomic mass is 9.79. The van der Waals surface area contributed by atoms with Gasteiger partial charge in [-0.3, -0.25) is 14.3 Å². The first-order chi connectivity index (χ1) is 13.1. The molecule has 1 atom stereocenters. The van der Waals surface area contributed by atoms with Crippen molar-refractivity contribution in [3.63, 3.8) is 0 Å². The zero-order valence-corrected chi connectivity index (χ0v) is 16.7. The summed E-state index contributed by atoms with van der Waals surface area (Å²) in [6.07, 6.45) is 7.09. The van der Waals surface area contributed by atoms with Crippen molar-refractivity contribution in [1.82, 2.24) is 14.5 Å². The maximum atomic E-state index is 12.2. The molecule has 1 aromatic carbocycles. The van der Waals surface area contributed by atoms with E-state index in [1.54, 1.807) is 22.0 Å². The molecule has 1 saturated carbocycles. The molecule has 1 aliphatic heterocycles. The van der Waals surface area contributed by atoms with Crippen molar-refractivity contribution < 1.29 is 0 Å². The van der Waals surface area contributed by atoms with Gasteiger partial charge in [0.25, 0.3) is 5.56 Å². The van der Waals surface area contributed by atoms with Crippen LogP contribution in [0.2, 0.25) is 0 Å². The van der Waals surface area contributed by atoms with E-state index in [0.29, 0.717) is 5.92 Å². The Bertz CT molecular complexity index is 1050. The van der Waals surface area contributed by atoms with Crippen molar-refractivity contribution in [2.75, 3.05) is 6.54 Å². The van der Waals surface area contributed by atoms with E-state index in [1.807, 2.05) is 25.3 Å². The normalized spacial score (nSPS) is 25.8. The molecule has 3 heterocycles. The third-order valence-corrected chi connectivity index (χ3v) is 7.44. The van der Waals surface area contributed by atoms with E-state index in [4.69, 9.17) is 4.98 Å². The Kier molecular flexibility index (Phi) is 4.17. The minimum absolute atomic E-state index is 0.00579. The molecule has 140 valence electrons. The van der Waals surface area contributed by atoms with Crippen molar-refractivity contribution in [2.24, 2.45) is 0 Å². The highest BCUT2D eigenvalue weighted by atomic mass is 32.1. The molecule has 0 unspecified atom stereocenters. The summed E-state index contributed by atoms with van der Waals surface area (Å²) < 4.78 is 2.90. The maximum absolute atomic E-state index is 12.2. The smallest absolute Gasteiger partial charge is 0.255 e. The summed E-state index contributed by atoms with van der Waals surface area (Å²) in [7, 11) is 0. The van der Waals surface area contributed by atoms with E-state index in [9.17, 15) is 4.79 Å². The van der Waals surface area contributed by atoms with Crippen LogP contribution in [0.5, 0.6) is 0 Å². The van der Waals surface area contributed by atoms with Gasteiger partial charge < -0.3 is 0 Å². The topological polar surface area (TPSA) is 38.1 Å². The highest BCUT2D eigenvalue weighted by Crippen LogP contribution is 2.44. The monoisotopic (exact) mass is 379 g/mol. The third kappa shape index (κ3) is 3.03. The fourth-order valence-corrected chi connectivity index (χ4v) is 5.74. The number of aryl methyl sites for hydroxylation is 1. The van der Waals surface area contributed by atoms with Crippen LogP contribution in [0.15, 0.2) is 41.3 Å². The summed E-state index contributed by atoms with van der Waals surface area (Å²) in [6.45, 7) is 5.65. The highest BCUT2D eigenvalue weighted by Gasteiger charge is 2.39. The molecule has 1 aliphatic carbocycles. The Morgan fingerprint density at radius 2 is 2.04 bits per heavy atom. The first kappa shape index (κ1) is 17.1. The minimum Gasteiger partial charge on any atom is -0.298 e. The van der Waals surface area contributed by atoms with E-state index in [-0.39, 0.29) is 5.56 Å². The van der Waals surface area contributed by atoms with E-state index in [0.717, 1.165) is 28.9 Å². The van der Waals surface area contributed by atoms with Crippen molar-refractivity contribution in [1.29, 1.82) is 0 Å². The van der Waals surface area contributed by atoms with Crippen LogP contribution in [0.1, 0.15) is 49.1 Å². The molecular formula is C22H25N3OS. The fourth-order valence-electron chi connectivity index (χ4n) is 4.61. The van der Waals surface area contributed by atoms with Crippen molar-refractivity contribution in [3.05, 3.63) is 57.5 Å². The predicted octanol–water partition coefficient (Wildman–Crippen LogP) is 4.49. The number of nitrogens with zero attached hydrogens (tertiary/aromatic N) is 3. The molecule has 0 N–H and O–H groups in total. The molecule has 27 heavy (non-hydrogen) atoms. The number of hydrogen-bond acceptors (Lipinski definition) is 4. The molecule has 0 bridgehead atoms. The number of thiazole rings is 1. The Balaban J connectivity index is 1.39. The zero-order chi connectivity index (χ0) is 18.5. The summed E-state index contributed by atoms with van der Waals surface area (Å²) in [5.74, 6) is 0.602. The first-order valence-corrected chi connectivity index (χ1v) is 10.8. The van der Waals surface area contributed by atoms with Crippen LogP contribution in [-0.4, -0.2) is 33.1 Å². The minimum atomic E-state index is 0.00579. The summed E-state index contributed by atoms with van der Waals surface area (Å²) in [4.78, 5) is 19.8. The summed E-state index contributed by atoms with van der Waals surface area (Å²) in [6, 6.07) is 11.2. The molecule has 3 aromatic rings. The van der Waals surface area contributed by atoms with Gasteiger partial charge in [0.15, 0.2) is 0 Å². The Morgan fingerprint density at radius 3 is 2.81 bits per heavy atom. The number of benzene rings is 1. The molecule has 5 rings (SSSR count). The maximum Gasteiger partial charge on any atom is 0.255 e. The van der Waals surface area contributed by atoms with Gasteiger partial charge >= 0.3 is 0 Å². The van der Waals surface area contributed by atoms with Gasteiger partial charge in [0.05, 0.1) is 20.9 Å². The van der Waals surface area contributed by atoms with Crippen LogP contribution < -0.4 is 5.56 Å². The lowest BCUT2D eigenvalue weighted by Crippen LogP contribution is -2.45. The molecule has 0 spiro atoms. The molecule has 2 aliphatic rings. The van der Waals surface area contributed by atoms with Gasteiger partial charge in [0.2, 0.25) is 0 Å². The molecule has 0 amide bonds. The third-order valence-electron chi connectivity index (χ3n) is 6.26. The number of hydrogen-bond donors (Lipinski definition) is 0. The quantitative estimate of drug-likeness (QED) is 0.673. The standard InChI is InChI=1S/C22H25N3OS/c1-14-5-8-21(26)25(13-14)17-6-7-19-20(12-17)27-22(23-19)16-10-18(11-16)24-9-3-4-15(24)2/h5-8,12-13,15-16,18H,3-4,9-11H2,1-2H3/t15-,16-,18-/m0/s1. The second kappa shape index (κ2) is 6.57. The van der Waals surface area contributed by atoms with E-state index in [1.165, 1.54) is 41.9 Å². The van der Waals surface area contributed by atoms with Crippen molar-refractivity contribution in [2.45, 2.75) is 57.5 Å². The number of rotatable bonds is 3. The van der Waals surface area contributed by atoms with Crippen molar-refractivity contribution >= 4 is 21.6 Å². The fraction of sp³-hybridized carbons (Fsp3) is 0.455. The van der Waals surface area contributed by atoms with Gasteiger partial charge in [0.1, 0.15) is 0 Å². The molecule has 5 heteroatoms. The van der Waals surface area contributed by atoms with Gasteiger partial charge in [-0.2, -0.15) is 0 Å². The lowest BCUT2D eigenvalue weighted by molar-refractivity contribution is 0.103. The Morgan fingerprint density at radius 1 is 1.19 bits per heavy atom. The van der Waals surface area contributed by atoms with Gasteiger partial charge in [-0.25, -0.2) is 4.98 Å². The van der Waals surface area contributed by atoms with Gasteiger partial charge in [-0.15, -0.1) is 11.3 Å². The summed E-state index contributed by atoms with van der Waals surface area (Å²) in [5.41, 5.74) is 3.06. The average molecular weight is 380 g/mol. The molecular weight excluding hydrogens is 354 g/mol. The molecule has 2 aromatic heterocycles. The number of aromatic nitrogens is 2. The first-order valence-electron chi connectivity index (χ1n) is 9.94. The summed E-state index contributed by atoms with van der Waals surface area (Å²) in [5, 5.41) is 1.27.